The van der Waals surface area contributed by atoms with E-state index in [-0.39, 0.29) is 24.0 Å². The molecule has 0 radical (unpaired) electrons. The first-order valence-electron chi connectivity index (χ1n) is 10.2. The first-order chi connectivity index (χ1) is 13.3. The lowest BCUT2D eigenvalue weighted by Gasteiger charge is -2.35. The van der Waals surface area contributed by atoms with E-state index in [2.05, 4.69) is 29.2 Å². The molecule has 0 unspecified atom stereocenters. The Balaban J connectivity index is 1.57. The molecule has 3 rings (SSSR count). The van der Waals surface area contributed by atoms with Crippen molar-refractivity contribution in [2.24, 2.45) is 0 Å². The van der Waals surface area contributed by atoms with Crippen LogP contribution in [0.2, 0.25) is 0 Å². The molecule has 8 nitrogen and oxygen atoms in total. The van der Waals surface area contributed by atoms with Crippen LogP contribution in [0.15, 0.2) is 6.07 Å². The summed E-state index contributed by atoms with van der Waals surface area (Å²) in [4.78, 5) is 28.7. The number of amides is 2. The molecule has 0 saturated carbocycles. The summed E-state index contributed by atoms with van der Waals surface area (Å²) < 4.78 is 7.68. The first kappa shape index (κ1) is 20.8. The van der Waals surface area contributed by atoms with Gasteiger partial charge in [0.1, 0.15) is 5.69 Å². The Morgan fingerprint density at radius 1 is 1.36 bits per heavy atom. The van der Waals surface area contributed by atoms with Crippen LogP contribution in [-0.4, -0.2) is 83.4 Å². The van der Waals surface area contributed by atoms with Crippen LogP contribution in [0.4, 0.5) is 0 Å². The fourth-order valence-electron chi connectivity index (χ4n) is 3.95. The average Bonchev–Trinajstić information content (AvgIpc) is 3.24. The molecule has 2 saturated heterocycles. The lowest BCUT2D eigenvalue weighted by atomic mass is 10.1. The number of aryl methyl sites for hydroxylation is 1. The summed E-state index contributed by atoms with van der Waals surface area (Å²) in [5.74, 6) is 0.311. The highest BCUT2D eigenvalue weighted by atomic mass is 16.5. The van der Waals surface area contributed by atoms with E-state index in [9.17, 15) is 9.59 Å². The number of nitrogens with zero attached hydrogens (tertiary/aromatic N) is 4. The predicted octanol–water partition coefficient (Wildman–Crippen LogP) is 1.08. The molecule has 2 aliphatic heterocycles. The van der Waals surface area contributed by atoms with E-state index in [0.29, 0.717) is 37.2 Å². The molecule has 28 heavy (non-hydrogen) atoms. The molecule has 0 spiro atoms. The summed E-state index contributed by atoms with van der Waals surface area (Å²) in [6.45, 7) is 8.97. The van der Waals surface area contributed by atoms with Crippen LogP contribution in [0.1, 0.15) is 55.7 Å². The maximum atomic E-state index is 12.8. The highest BCUT2D eigenvalue weighted by Crippen LogP contribution is 2.25. The third-order valence-electron chi connectivity index (χ3n) is 5.65. The fourth-order valence-corrected chi connectivity index (χ4v) is 3.95. The smallest absolute Gasteiger partial charge is 0.269 e. The van der Waals surface area contributed by atoms with Crippen molar-refractivity contribution in [1.82, 2.24) is 24.9 Å². The molecular formula is C20H33N5O3. The molecular weight excluding hydrogens is 358 g/mol. The molecule has 2 aliphatic rings. The SMILES string of the molecule is CCn1nc(C(C)C)cc1C(=O)N[C@@H]1C[C@H]2CO[C@@H](CC(=O)N(C)C)CN2C1. The van der Waals surface area contributed by atoms with Crippen LogP contribution < -0.4 is 5.32 Å². The van der Waals surface area contributed by atoms with Gasteiger partial charge < -0.3 is 15.0 Å². The Hall–Kier alpha value is -1.93. The molecule has 1 aromatic rings. The molecule has 156 valence electrons. The zero-order valence-corrected chi connectivity index (χ0v) is 17.6. The van der Waals surface area contributed by atoms with Crippen molar-refractivity contribution in [2.45, 2.75) is 64.3 Å². The van der Waals surface area contributed by atoms with E-state index in [1.807, 2.05) is 13.0 Å². The molecule has 0 bridgehead atoms. The second kappa shape index (κ2) is 8.61. The molecule has 0 aromatic carbocycles. The summed E-state index contributed by atoms with van der Waals surface area (Å²) in [6.07, 6.45) is 1.20. The number of carbonyl (C=O) groups excluding carboxylic acids is 2. The van der Waals surface area contributed by atoms with Gasteiger partial charge in [-0.3, -0.25) is 19.2 Å². The second-order valence-electron chi connectivity index (χ2n) is 8.39. The maximum Gasteiger partial charge on any atom is 0.269 e. The molecule has 1 aromatic heterocycles. The van der Waals surface area contributed by atoms with Crippen molar-refractivity contribution in [3.05, 3.63) is 17.5 Å². The van der Waals surface area contributed by atoms with Gasteiger partial charge in [-0.1, -0.05) is 13.8 Å². The highest BCUT2D eigenvalue weighted by Gasteiger charge is 2.38. The summed E-state index contributed by atoms with van der Waals surface area (Å²) in [5.41, 5.74) is 1.57. The van der Waals surface area contributed by atoms with Crippen LogP contribution in [0.3, 0.4) is 0 Å². The zero-order valence-electron chi connectivity index (χ0n) is 17.6. The van der Waals surface area contributed by atoms with E-state index in [1.54, 1.807) is 23.7 Å². The van der Waals surface area contributed by atoms with Crippen LogP contribution in [0.5, 0.6) is 0 Å². The molecule has 1 N–H and O–H groups in total. The number of carbonyl (C=O) groups is 2. The van der Waals surface area contributed by atoms with Crippen molar-refractivity contribution >= 4 is 11.8 Å². The van der Waals surface area contributed by atoms with Gasteiger partial charge in [-0.25, -0.2) is 0 Å². The van der Waals surface area contributed by atoms with Gasteiger partial charge in [-0.15, -0.1) is 0 Å². The maximum absolute atomic E-state index is 12.8. The number of aromatic nitrogens is 2. The van der Waals surface area contributed by atoms with Gasteiger partial charge in [-0.05, 0) is 25.3 Å². The van der Waals surface area contributed by atoms with Crippen LogP contribution >= 0.6 is 0 Å². The van der Waals surface area contributed by atoms with Gasteiger partial charge in [0.25, 0.3) is 5.91 Å². The van der Waals surface area contributed by atoms with E-state index >= 15 is 0 Å². The highest BCUT2D eigenvalue weighted by molar-refractivity contribution is 5.93. The Morgan fingerprint density at radius 3 is 2.75 bits per heavy atom. The summed E-state index contributed by atoms with van der Waals surface area (Å²) in [5, 5.41) is 7.72. The normalized spacial score (nSPS) is 25.0. The lowest BCUT2D eigenvalue weighted by molar-refractivity contribution is -0.134. The molecule has 0 aliphatic carbocycles. The third-order valence-corrected chi connectivity index (χ3v) is 5.65. The van der Waals surface area contributed by atoms with Crippen molar-refractivity contribution in [1.29, 1.82) is 0 Å². The van der Waals surface area contributed by atoms with Crippen molar-refractivity contribution in [2.75, 3.05) is 33.8 Å². The molecule has 2 fully saturated rings. The minimum Gasteiger partial charge on any atom is -0.375 e. The monoisotopic (exact) mass is 391 g/mol. The summed E-state index contributed by atoms with van der Waals surface area (Å²) >= 11 is 0. The van der Waals surface area contributed by atoms with Gasteiger partial charge in [0, 0.05) is 45.8 Å². The van der Waals surface area contributed by atoms with E-state index in [0.717, 1.165) is 25.2 Å². The predicted molar refractivity (Wildman–Crippen MR) is 106 cm³/mol. The minimum atomic E-state index is -0.0734. The van der Waals surface area contributed by atoms with Crippen LogP contribution in [0, 0.1) is 0 Å². The Morgan fingerprint density at radius 2 is 2.11 bits per heavy atom. The number of nitrogens with one attached hydrogen (secondary N) is 1. The van der Waals surface area contributed by atoms with Crippen LogP contribution in [-0.2, 0) is 16.1 Å². The molecule has 3 heterocycles. The van der Waals surface area contributed by atoms with E-state index in [4.69, 9.17) is 4.74 Å². The molecule has 2 amide bonds. The summed E-state index contributed by atoms with van der Waals surface area (Å²) in [7, 11) is 3.53. The number of fused-ring (bicyclic) bond motifs is 1. The van der Waals surface area contributed by atoms with E-state index < -0.39 is 0 Å². The Labute approximate surface area is 167 Å². The molecule has 3 atom stereocenters. The van der Waals surface area contributed by atoms with Crippen LogP contribution in [0.25, 0.3) is 0 Å². The average molecular weight is 392 g/mol. The van der Waals surface area contributed by atoms with E-state index in [1.165, 1.54) is 0 Å². The lowest BCUT2D eigenvalue weighted by Crippen LogP contribution is -2.47. The second-order valence-corrected chi connectivity index (χ2v) is 8.39. The van der Waals surface area contributed by atoms with Gasteiger partial charge >= 0.3 is 0 Å². The summed E-state index contributed by atoms with van der Waals surface area (Å²) in [6, 6.07) is 2.29. The number of hydrogen-bond donors (Lipinski definition) is 1. The van der Waals surface area contributed by atoms with Gasteiger partial charge in [0.2, 0.25) is 5.91 Å². The number of morpholine rings is 1. The van der Waals surface area contributed by atoms with Gasteiger partial charge in [-0.2, -0.15) is 5.10 Å². The Kier molecular flexibility index (Phi) is 6.40. The quantitative estimate of drug-likeness (QED) is 0.785. The van der Waals surface area contributed by atoms with Gasteiger partial charge in [0.15, 0.2) is 0 Å². The fraction of sp³-hybridized carbons (Fsp3) is 0.750. The molecule has 8 heteroatoms. The first-order valence-corrected chi connectivity index (χ1v) is 10.2. The van der Waals surface area contributed by atoms with Crippen molar-refractivity contribution in [3.63, 3.8) is 0 Å². The number of rotatable bonds is 6. The van der Waals surface area contributed by atoms with Crippen molar-refractivity contribution < 1.29 is 14.3 Å². The van der Waals surface area contributed by atoms with Gasteiger partial charge in [0.05, 0.1) is 24.8 Å². The zero-order chi connectivity index (χ0) is 20.4. The number of ether oxygens (including phenoxy) is 1. The topological polar surface area (TPSA) is 79.7 Å². The standard InChI is InChI=1S/C20H33N5O3/c1-6-25-18(9-17(22-25)13(2)3)20(27)21-14-7-15-12-28-16(11-24(15)10-14)8-19(26)23(4)5/h9,13-16H,6-8,10-12H2,1-5H3,(H,21,27)/t14-,15+,16+/m1/s1. The third kappa shape index (κ3) is 4.55. The largest absolute Gasteiger partial charge is 0.375 e. The minimum absolute atomic E-state index is 0.0636. The Bertz CT molecular complexity index is 715. The number of hydrogen-bond acceptors (Lipinski definition) is 5. The van der Waals surface area contributed by atoms with Crippen molar-refractivity contribution in [3.8, 4) is 0 Å².